The molecule has 1 aromatic heterocycles. The van der Waals surface area contributed by atoms with Crippen LogP contribution in [0.3, 0.4) is 0 Å². The van der Waals surface area contributed by atoms with E-state index in [4.69, 9.17) is 4.42 Å². The fraction of sp³-hybridized carbons (Fsp3) is 0.429. The van der Waals surface area contributed by atoms with Crippen molar-refractivity contribution in [3.8, 4) is 0 Å². The number of hydrogen-bond donors (Lipinski definition) is 2. The summed E-state index contributed by atoms with van der Waals surface area (Å²) in [6.45, 7) is 4.54. The van der Waals surface area contributed by atoms with E-state index in [-0.39, 0.29) is 29.4 Å². The van der Waals surface area contributed by atoms with Crippen LogP contribution in [0.2, 0.25) is 0 Å². The molecule has 1 aliphatic rings. The maximum Gasteiger partial charge on any atom is 0.234 e. The van der Waals surface area contributed by atoms with Crippen LogP contribution in [-0.4, -0.2) is 47.9 Å². The Hall–Kier alpha value is -2.25. The number of furan rings is 1. The maximum absolute atomic E-state index is 12.2. The molecule has 0 saturated carbocycles. The van der Waals surface area contributed by atoms with E-state index in [0.717, 1.165) is 30.1 Å². The van der Waals surface area contributed by atoms with Gasteiger partial charge >= 0.3 is 0 Å². The van der Waals surface area contributed by atoms with Crippen LogP contribution in [0.4, 0.5) is 5.69 Å². The number of carbonyl (C=O) groups is 2. The maximum atomic E-state index is 12.2. The van der Waals surface area contributed by atoms with Gasteiger partial charge in [-0.3, -0.25) is 14.5 Å². The second kappa shape index (κ2) is 10.3. The van der Waals surface area contributed by atoms with Crippen LogP contribution in [0.1, 0.15) is 30.2 Å². The smallest absolute Gasteiger partial charge is 0.234 e. The summed E-state index contributed by atoms with van der Waals surface area (Å²) in [7, 11) is 0. The number of nitrogens with zero attached hydrogens (tertiary/aromatic N) is 1. The molecule has 1 aromatic carbocycles. The van der Waals surface area contributed by atoms with Crippen LogP contribution in [0.25, 0.3) is 0 Å². The van der Waals surface area contributed by atoms with Gasteiger partial charge in [-0.25, -0.2) is 0 Å². The molecule has 2 aromatic rings. The Labute approximate surface area is 170 Å². The summed E-state index contributed by atoms with van der Waals surface area (Å²) in [6.07, 6.45) is 4.02. The molecule has 0 spiro atoms. The molecule has 0 aliphatic carbocycles. The summed E-state index contributed by atoms with van der Waals surface area (Å²) in [6, 6.07) is 11.6. The zero-order chi connectivity index (χ0) is 19.8. The van der Waals surface area contributed by atoms with Gasteiger partial charge in [-0.1, -0.05) is 12.1 Å². The number of benzene rings is 1. The van der Waals surface area contributed by atoms with Gasteiger partial charge in [0.05, 0.1) is 23.8 Å². The van der Waals surface area contributed by atoms with E-state index in [1.807, 2.05) is 43.3 Å². The number of anilines is 1. The van der Waals surface area contributed by atoms with Crippen LogP contribution in [-0.2, 0) is 9.59 Å². The highest BCUT2D eigenvalue weighted by Gasteiger charge is 2.25. The van der Waals surface area contributed by atoms with Gasteiger partial charge < -0.3 is 15.1 Å². The number of rotatable bonds is 9. The van der Waals surface area contributed by atoms with Gasteiger partial charge in [0.2, 0.25) is 11.8 Å². The van der Waals surface area contributed by atoms with Gasteiger partial charge in [0.15, 0.2) is 0 Å². The van der Waals surface area contributed by atoms with E-state index in [1.54, 1.807) is 6.26 Å². The number of nitrogens with one attached hydrogen (secondary N) is 2. The van der Waals surface area contributed by atoms with Crippen molar-refractivity contribution in [3.63, 3.8) is 0 Å². The lowest BCUT2D eigenvalue weighted by atomic mass is 10.2. The molecular weight excluding hydrogens is 374 g/mol. The molecule has 2 heterocycles. The van der Waals surface area contributed by atoms with Gasteiger partial charge in [-0.2, -0.15) is 0 Å². The molecule has 1 atom stereocenters. The zero-order valence-electron chi connectivity index (χ0n) is 16.1. The largest absolute Gasteiger partial charge is 0.468 e. The molecule has 7 heteroatoms. The minimum absolute atomic E-state index is 0.0656. The second-order valence-electron chi connectivity index (χ2n) is 6.99. The van der Waals surface area contributed by atoms with Crippen molar-refractivity contribution in [2.24, 2.45) is 0 Å². The van der Waals surface area contributed by atoms with Crippen molar-refractivity contribution in [2.75, 3.05) is 36.5 Å². The highest BCUT2D eigenvalue weighted by molar-refractivity contribution is 8.00. The van der Waals surface area contributed by atoms with Crippen molar-refractivity contribution in [2.45, 2.75) is 25.8 Å². The summed E-state index contributed by atoms with van der Waals surface area (Å²) >= 11 is 1.31. The molecule has 28 heavy (non-hydrogen) atoms. The van der Waals surface area contributed by atoms with E-state index < -0.39 is 0 Å². The molecule has 1 saturated heterocycles. The van der Waals surface area contributed by atoms with Crippen LogP contribution < -0.4 is 10.6 Å². The van der Waals surface area contributed by atoms with Crippen LogP contribution >= 0.6 is 11.8 Å². The Morgan fingerprint density at radius 3 is 2.64 bits per heavy atom. The first-order chi connectivity index (χ1) is 13.6. The molecule has 3 rings (SSSR count). The topological polar surface area (TPSA) is 74.6 Å². The van der Waals surface area contributed by atoms with Gasteiger partial charge in [0.25, 0.3) is 0 Å². The molecule has 0 bridgehead atoms. The first-order valence-electron chi connectivity index (χ1n) is 9.60. The number of likely N-dealkylation sites (tertiary alicyclic amines) is 1. The van der Waals surface area contributed by atoms with Crippen LogP contribution in [0, 0.1) is 6.92 Å². The van der Waals surface area contributed by atoms with E-state index >= 15 is 0 Å². The molecule has 0 radical (unpaired) electrons. The Morgan fingerprint density at radius 2 is 1.93 bits per heavy atom. The summed E-state index contributed by atoms with van der Waals surface area (Å²) in [4.78, 5) is 26.6. The fourth-order valence-corrected chi connectivity index (χ4v) is 4.01. The Balaban J connectivity index is 1.39. The van der Waals surface area contributed by atoms with Gasteiger partial charge in [-0.15, -0.1) is 11.8 Å². The number of aryl methyl sites for hydroxylation is 1. The van der Waals surface area contributed by atoms with Crippen molar-refractivity contribution >= 4 is 29.3 Å². The lowest BCUT2D eigenvalue weighted by Crippen LogP contribution is -2.37. The van der Waals surface area contributed by atoms with E-state index in [0.29, 0.717) is 6.54 Å². The van der Waals surface area contributed by atoms with E-state index in [9.17, 15) is 9.59 Å². The third-order valence-corrected chi connectivity index (χ3v) is 5.65. The number of hydrogen-bond acceptors (Lipinski definition) is 5. The minimum atomic E-state index is -0.103. The molecule has 1 aliphatic heterocycles. The molecule has 6 nitrogen and oxygen atoms in total. The summed E-state index contributed by atoms with van der Waals surface area (Å²) in [5, 5.41) is 5.84. The van der Waals surface area contributed by atoms with Crippen LogP contribution in [0.5, 0.6) is 0 Å². The average molecular weight is 402 g/mol. The molecular formula is C21H27N3O3S. The third kappa shape index (κ3) is 6.14. The van der Waals surface area contributed by atoms with E-state index in [1.165, 1.54) is 24.6 Å². The Bertz CT molecular complexity index is 773. The van der Waals surface area contributed by atoms with E-state index in [2.05, 4.69) is 15.5 Å². The SMILES string of the molecule is Cc1cccc(NC(=O)CSCC(=O)NC[C@H](c2ccco2)N2CCCC2)c1. The van der Waals surface area contributed by atoms with Gasteiger partial charge in [-0.05, 0) is 62.7 Å². The summed E-state index contributed by atoms with van der Waals surface area (Å²) < 4.78 is 5.57. The molecule has 0 unspecified atom stereocenters. The minimum Gasteiger partial charge on any atom is -0.468 e. The highest BCUT2D eigenvalue weighted by atomic mass is 32.2. The van der Waals surface area contributed by atoms with Crippen molar-refractivity contribution in [1.82, 2.24) is 10.2 Å². The number of carbonyl (C=O) groups excluding carboxylic acids is 2. The molecule has 2 amide bonds. The lowest BCUT2D eigenvalue weighted by molar-refractivity contribution is -0.118. The first kappa shape index (κ1) is 20.5. The fourth-order valence-electron chi connectivity index (χ4n) is 3.36. The normalized spacial score (nSPS) is 15.3. The monoisotopic (exact) mass is 401 g/mol. The van der Waals surface area contributed by atoms with Crippen molar-refractivity contribution < 1.29 is 14.0 Å². The third-order valence-electron chi connectivity index (χ3n) is 4.71. The quantitative estimate of drug-likeness (QED) is 0.675. The lowest BCUT2D eigenvalue weighted by Gasteiger charge is -2.25. The van der Waals surface area contributed by atoms with Crippen molar-refractivity contribution in [3.05, 3.63) is 54.0 Å². The second-order valence-corrected chi connectivity index (χ2v) is 7.97. The average Bonchev–Trinajstić information content (AvgIpc) is 3.36. The molecule has 150 valence electrons. The predicted molar refractivity (Wildman–Crippen MR) is 112 cm³/mol. The first-order valence-corrected chi connectivity index (χ1v) is 10.8. The zero-order valence-corrected chi connectivity index (χ0v) is 17.0. The predicted octanol–water partition coefficient (Wildman–Crippen LogP) is 3.21. The highest BCUT2D eigenvalue weighted by Crippen LogP contribution is 2.24. The summed E-state index contributed by atoms with van der Waals surface area (Å²) in [5.41, 5.74) is 1.87. The van der Waals surface area contributed by atoms with Gasteiger partial charge in [0, 0.05) is 12.2 Å². The van der Waals surface area contributed by atoms with Gasteiger partial charge in [0.1, 0.15) is 5.76 Å². The molecule has 1 fully saturated rings. The molecule has 2 N–H and O–H groups in total. The number of thioether (sulfide) groups is 1. The standard InChI is InChI=1S/C21H27N3O3S/c1-16-6-4-7-17(12-16)23-21(26)15-28-14-20(25)22-13-18(19-8-5-11-27-19)24-9-2-3-10-24/h4-8,11-12,18H,2-3,9-10,13-15H2,1H3,(H,22,25)(H,23,26)/t18-/m1/s1. The summed E-state index contributed by atoms with van der Waals surface area (Å²) in [5.74, 6) is 1.21. The number of amides is 2. The Kier molecular flexibility index (Phi) is 7.56. The van der Waals surface area contributed by atoms with Crippen molar-refractivity contribution in [1.29, 1.82) is 0 Å². The Morgan fingerprint density at radius 1 is 1.14 bits per heavy atom. The van der Waals surface area contributed by atoms with Crippen LogP contribution in [0.15, 0.2) is 47.1 Å².